The Kier molecular flexibility index (Phi) is 6.69. The average Bonchev–Trinajstić information content (AvgIpc) is 2.29. The first kappa shape index (κ1) is 17.6. The van der Waals surface area contributed by atoms with E-state index in [9.17, 15) is 14.4 Å². The zero-order valence-corrected chi connectivity index (χ0v) is 12.4. The highest BCUT2D eigenvalue weighted by molar-refractivity contribution is 5.93. The number of carbonyl (C=O) groups excluding carboxylic acids is 3. The summed E-state index contributed by atoms with van der Waals surface area (Å²) in [4.78, 5) is 36.8. The topological polar surface area (TPSA) is 92.5 Å². The lowest BCUT2D eigenvalue weighted by molar-refractivity contribution is -0.146. The van der Waals surface area contributed by atoms with Gasteiger partial charge >= 0.3 is 0 Å². The molecule has 19 heavy (non-hydrogen) atoms. The van der Waals surface area contributed by atoms with Crippen LogP contribution in [0.25, 0.3) is 0 Å². The number of rotatable bonds is 6. The molecule has 0 aromatic carbocycles. The molecular formula is C13H25N3O3. The number of hydrogen-bond acceptors (Lipinski definition) is 4. The number of amides is 2. The van der Waals surface area contributed by atoms with Crippen LogP contribution in [0.5, 0.6) is 0 Å². The zero-order valence-electron chi connectivity index (χ0n) is 12.4. The van der Waals surface area contributed by atoms with Crippen molar-refractivity contribution in [1.82, 2.24) is 10.2 Å². The van der Waals surface area contributed by atoms with Crippen molar-refractivity contribution < 1.29 is 14.4 Å². The normalized spacial score (nSPS) is 12.7. The molecule has 6 heteroatoms. The van der Waals surface area contributed by atoms with Gasteiger partial charge in [-0.15, -0.1) is 0 Å². The maximum Gasteiger partial charge on any atom is 0.243 e. The number of ketones is 1. The Morgan fingerprint density at radius 1 is 1.26 bits per heavy atom. The maximum absolute atomic E-state index is 12.2. The fourth-order valence-electron chi connectivity index (χ4n) is 1.66. The maximum atomic E-state index is 12.2. The van der Waals surface area contributed by atoms with Crippen molar-refractivity contribution in [3.05, 3.63) is 0 Å². The van der Waals surface area contributed by atoms with E-state index in [2.05, 4.69) is 5.32 Å². The minimum Gasteiger partial charge on any atom is -0.353 e. The molecule has 110 valence electrons. The Morgan fingerprint density at radius 3 is 2.16 bits per heavy atom. The number of nitrogens with two attached hydrogens (primary N) is 1. The van der Waals surface area contributed by atoms with E-state index in [-0.39, 0.29) is 24.0 Å². The number of nitrogens with zero attached hydrogens (tertiary/aromatic N) is 1. The van der Waals surface area contributed by atoms with Gasteiger partial charge in [0.05, 0.1) is 0 Å². The molecule has 0 saturated heterocycles. The van der Waals surface area contributed by atoms with Gasteiger partial charge < -0.3 is 16.0 Å². The summed E-state index contributed by atoms with van der Waals surface area (Å²) in [6.45, 7) is 7.36. The van der Waals surface area contributed by atoms with Gasteiger partial charge in [0.2, 0.25) is 11.8 Å². The highest BCUT2D eigenvalue weighted by atomic mass is 16.2. The second kappa shape index (κ2) is 7.23. The lowest BCUT2D eigenvalue weighted by Gasteiger charge is -2.31. The van der Waals surface area contributed by atoms with Crippen molar-refractivity contribution in [1.29, 1.82) is 0 Å². The molecule has 0 rings (SSSR count). The third kappa shape index (κ3) is 5.83. The molecule has 0 radical (unpaired) electrons. The molecule has 3 N–H and O–H groups in total. The van der Waals surface area contributed by atoms with Gasteiger partial charge in [0.25, 0.3) is 0 Å². The van der Waals surface area contributed by atoms with Crippen LogP contribution in [0.15, 0.2) is 0 Å². The van der Waals surface area contributed by atoms with Gasteiger partial charge in [-0.2, -0.15) is 0 Å². The Hall–Kier alpha value is -1.43. The van der Waals surface area contributed by atoms with Gasteiger partial charge in [-0.3, -0.25) is 14.4 Å². The molecule has 0 aromatic rings. The first-order chi connectivity index (χ1) is 8.61. The summed E-state index contributed by atoms with van der Waals surface area (Å²) in [7, 11) is 1.54. The van der Waals surface area contributed by atoms with E-state index in [1.54, 1.807) is 27.8 Å². The SMILES string of the molecule is CC(=O)C[C@@H](C(=O)NCCN)N(C)C(=O)C(C)(C)C. The van der Waals surface area contributed by atoms with Gasteiger partial charge in [0, 0.05) is 32.0 Å². The number of hydrogen-bond donors (Lipinski definition) is 2. The van der Waals surface area contributed by atoms with Gasteiger partial charge in [0.15, 0.2) is 0 Å². The number of carbonyl (C=O) groups is 3. The second-order valence-electron chi connectivity index (χ2n) is 5.67. The lowest BCUT2D eigenvalue weighted by atomic mass is 9.93. The molecule has 0 bridgehead atoms. The molecule has 6 nitrogen and oxygen atoms in total. The first-order valence-corrected chi connectivity index (χ1v) is 6.35. The van der Waals surface area contributed by atoms with Crippen LogP contribution >= 0.6 is 0 Å². The highest BCUT2D eigenvalue weighted by Crippen LogP contribution is 2.19. The molecule has 0 unspecified atom stereocenters. The third-order valence-corrected chi connectivity index (χ3v) is 2.66. The van der Waals surface area contributed by atoms with Crippen LogP contribution in [-0.2, 0) is 14.4 Å². The minimum atomic E-state index is -0.782. The molecule has 0 aromatic heterocycles. The van der Waals surface area contributed by atoms with E-state index in [4.69, 9.17) is 5.73 Å². The van der Waals surface area contributed by atoms with Crippen molar-refractivity contribution in [2.75, 3.05) is 20.1 Å². The Morgan fingerprint density at radius 2 is 1.79 bits per heavy atom. The van der Waals surface area contributed by atoms with Crippen LogP contribution in [0, 0.1) is 5.41 Å². The summed E-state index contributed by atoms with van der Waals surface area (Å²) in [5.74, 6) is -0.663. The molecule has 0 aliphatic carbocycles. The largest absolute Gasteiger partial charge is 0.353 e. The Balaban J connectivity index is 4.98. The van der Waals surface area contributed by atoms with Crippen LogP contribution in [0.1, 0.15) is 34.1 Å². The lowest BCUT2D eigenvalue weighted by Crippen LogP contribution is -2.52. The van der Waals surface area contributed by atoms with E-state index in [1.165, 1.54) is 11.8 Å². The zero-order chi connectivity index (χ0) is 15.2. The number of Topliss-reactive ketones (excluding diaryl/α,β-unsaturated/α-hetero) is 1. The van der Waals surface area contributed by atoms with Crippen molar-refractivity contribution in [2.45, 2.75) is 40.2 Å². The quantitative estimate of drug-likeness (QED) is 0.706. The average molecular weight is 271 g/mol. The summed E-state index contributed by atoms with van der Waals surface area (Å²) in [6.07, 6.45) is 0.00866. The van der Waals surface area contributed by atoms with Crippen LogP contribution in [0.4, 0.5) is 0 Å². The predicted molar refractivity (Wildman–Crippen MR) is 73.4 cm³/mol. The van der Waals surface area contributed by atoms with E-state index < -0.39 is 11.5 Å². The van der Waals surface area contributed by atoms with E-state index in [1.807, 2.05) is 0 Å². The molecule has 0 heterocycles. The monoisotopic (exact) mass is 271 g/mol. The van der Waals surface area contributed by atoms with Gasteiger partial charge in [0.1, 0.15) is 11.8 Å². The summed E-state index contributed by atoms with van der Waals surface area (Å²) in [6, 6.07) is -0.782. The summed E-state index contributed by atoms with van der Waals surface area (Å²) < 4.78 is 0. The smallest absolute Gasteiger partial charge is 0.243 e. The van der Waals surface area contributed by atoms with E-state index in [0.29, 0.717) is 13.1 Å². The molecule has 0 spiro atoms. The minimum absolute atomic E-state index is 0.00866. The van der Waals surface area contributed by atoms with Crippen molar-refractivity contribution in [3.8, 4) is 0 Å². The van der Waals surface area contributed by atoms with Crippen LogP contribution in [-0.4, -0.2) is 48.7 Å². The summed E-state index contributed by atoms with van der Waals surface area (Å²) in [5, 5.41) is 2.61. The summed E-state index contributed by atoms with van der Waals surface area (Å²) >= 11 is 0. The van der Waals surface area contributed by atoms with E-state index in [0.717, 1.165) is 0 Å². The molecule has 0 aliphatic rings. The number of likely N-dealkylation sites (N-methyl/N-ethyl adjacent to an activating group) is 1. The second-order valence-corrected chi connectivity index (χ2v) is 5.67. The van der Waals surface area contributed by atoms with Gasteiger partial charge in [-0.25, -0.2) is 0 Å². The van der Waals surface area contributed by atoms with Gasteiger partial charge in [-0.1, -0.05) is 20.8 Å². The Labute approximate surface area is 114 Å². The molecule has 2 amide bonds. The van der Waals surface area contributed by atoms with Crippen LogP contribution in [0.3, 0.4) is 0 Å². The molecule has 0 aliphatic heterocycles. The fraction of sp³-hybridized carbons (Fsp3) is 0.769. The van der Waals surface area contributed by atoms with Crippen molar-refractivity contribution >= 4 is 17.6 Å². The van der Waals surface area contributed by atoms with Gasteiger partial charge in [-0.05, 0) is 6.92 Å². The van der Waals surface area contributed by atoms with Crippen LogP contribution in [0.2, 0.25) is 0 Å². The van der Waals surface area contributed by atoms with Crippen molar-refractivity contribution in [3.63, 3.8) is 0 Å². The van der Waals surface area contributed by atoms with E-state index >= 15 is 0 Å². The predicted octanol–water partition coefficient (Wildman–Crippen LogP) is -0.0865. The molecule has 0 saturated carbocycles. The molecule has 0 fully saturated rings. The Bertz CT molecular complexity index is 348. The highest BCUT2D eigenvalue weighted by Gasteiger charge is 2.33. The standard InChI is InChI=1S/C13H25N3O3/c1-9(17)8-10(11(18)15-7-6-14)16(5)12(19)13(2,3)4/h10H,6-8,14H2,1-5H3,(H,15,18)/t10-/m0/s1. The summed E-state index contributed by atoms with van der Waals surface area (Å²) in [5.41, 5.74) is 4.72. The van der Waals surface area contributed by atoms with Crippen LogP contribution < -0.4 is 11.1 Å². The first-order valence-electron chi connectivity index (χ1n) is 6.35. The molecule has 1 atom stereocenters. The fourth-order valence-corrected chi connectivity index (χ4v) is 1.66. The molecular weight excluding hydrogens is 246 g/mol. The third-order valence-electron chi connectivity index (χ3n) is 2.66. The van der Waals surface area contributed by atoms with Crippen molar-refractivity contribution in [2.24, 2.45) is 11.1 Å². The number of nitrogens with one attached hydrogen (secondary N) is 1.